The van der Waals surface area contributed by atoms with Gasteiger partial charge in [-0.3, -0.25) is 0 Å². The van der Waals surface area contributed by atoms with Crippen LogP contribution in [0.1, 0.15) is 18.0 Å². The monoisotopic (exact) mass is 603 g/mol. The molecular weight excluding hydrogens is 574 g/mol. The Hall–Kier alpha value is -5.14. The van der Waals surface area contributed by atoms with Crippen LogP contribution in [-0.2, 0) is 19.2 Å². The smallest absolute Gasteiger partial charge is 0.414 e. The molecule has 0 heterocycles. The van der Waals surface area contributed by atoms with Crippen LogP contribution in [0.15, 0.2) is 78.9 Å². The Kier molecular flexibility index (Phi) is 15.2. The van der Waals surface area contributed by atoms with Crippen LogP contribution in [0.5, 0.6) is 11.5 Å². The molecule has 0 fully saturated rings. The lowest BCUT2D eigenvalue weighted by atomic mass is 10.0. The van der Waals surface area contributed by atoms with E-state index in [1.807, 2.05) is 93.0 Å². The first-order valence-corrected chi connectivity index (χ1v) is 12.4. The molecule has 0 aliphatic carbocycles. The summed E-state index contributed by atoms with van der Waals surface area (Å²) in [6, 6.07) is 24.0. The van der Waals surface area contributed by atoms with E-state index >= 15 is 0 Å². The van der Waals surface area contributed by atoms with E-state index in [0.29, 0.717) is 16.5 Å². The van der Waals surface area contributed by atoms with Gasteiger partial charge in [-0.25, -0.2) is 24.0 Å². The maximum absolute atomic E-state index is 12.6. The first kappa shape index (κ1) is 34.9. The average molecular weight is 604 g/mol. The summed E-state index contributed by atoms with van der Waals surface area (Å²) < 4.78 is 5.78. The molecule has 3 aromatic rings. The van der Waals surface area contributed by atoms with Crippen LogP contribution in [0.25, 0.3) is 0 Å². The number of carbonyl (C=O) groups excluding carboxylic acids is 1. The van der Waals surface area contributed by atoms with Gasteiger partial charge in [0.2, 0.25) is 0 Å². The number of nitrogens with one attached hydrogen (secondary N) is 2. The van der Waals surface area contributed by atoms with Gasteiger partial charge < -0.3 is 40.7 Å². The molecule has 0 spiro atoms. The van der Waals surface area contributed by atoms with Crippen LogP contribution >= 0.6 is 11.6 Å². The summed E-state index contributed by atoms with van der Waals surface area (Å²) >= 11 is 6.00. The van der Waals surface area contributed by atoms with Crippen LogP contribution in [0, 0.1) is 0 Å². The van der Waals surface area contributed by atoms with Crippen molar-refractivity contribution in [1.82, 2.24) is 10.2 Å². The average Bonchev–Trinajstić information content (AvgIpc) is 2.93. The van der Waals surface area contributed by atoms with Crippen LogP contribution < -0.4 is 15.4 Å². The lowest BCUT2D eigenvalue weighted by molar-refractivity contribution is -0.159. The predicted molar refractivity (Wildman–Crippen MR) is 153 cm³/mol. The Morgan fingerprint density at radius 1 is 0.738 bits per heavy atom. The largest absolute Gasteiger partial charge is 0.473 e. The molecule has 42 heavy (non-hydrogen) atoms. The van der Waals surface area contributed by atoms with Crippen molar-refractivity contribution in [3.8, 4) is 11.5 Å². The van der Waals surface area contributed by atoms with Crippen molar-refractivity contribution in [1.29, 1.82) is 0 Å². The Labute approximate surface area is 245 Å². The number of anilines is 1. The lowest BCUT2D eigenvalue weighted by Crippen LogP contribution is -2.34. The number of carboxylic acid groups (broad SMARTS) is 4. The van der Waals surface area contributed by atoms with E-state index in [0.717, 1.165) is 24.3 Å². The fourth-order valence-electron chi connectivity index (χ4n) is 2.96. The molecule has 1 atom stereocenters. The number of aliphatic carboxylic acids is 4. The summed E-state index contributed by atoms with van der Waals surface area (Å²) in [6.07, 6.45) is 0.784. The van der Waals surface area contributed by atoms with Gasteiger partial charge >= 0.3 is 29.9 Å². The van der Waals surface area contributed by atoms with Crippen LogP contribution in [0.2, 0.25) is 5.02 Å². The van der Waals surface area contributed by atoms with Crippen molar-refractivity contribution in [2.45, 2.75) is 12.5 Å². The van der Waals surface area contributed by atoms with Crippen molar-refractivity contribution in [3.63, 3.8) is 0 Å². The Morgan fingerprint density at radius 2 is 1.21 bits per heavy atom. The standard InChI is InChI=1S/C24H26ClN3O2.2C2H2O4/c1-28(2)17-16-23(18-8-10-19(25)11-9-18)27-24(29)26-20-12-14-22(15-13-20)30-21-6-4-3-5-7-21;2*3-1(4)2(5)6/h3-15,23H,16-17H2,1-2H3,(H2,26,27,29);2*(H,3,4)(H,5,6). The van der Waals surface area contributed by atoms with Gasteiger partial charge in [0, 0.05) is 10.7 Å². The van der Waals surface area contributed by atoms with Crippen molar-refractivity contribution in [3.05, 3.63) is 89.4 Å². The summed E-state index contributed by atoms with van der Waals surface area (Å²) in [5.74, 6) is -5.82. The number of hydrogen-bond donors (Lipinski definition) is 6. The van der Waals surface area contributed by atoms with E-state index in [2.05, 4.69) is 15.5 Å². The molecule has 1 unspecified atom stereocenters. The summed E-state index contributed by atoms with van der Waals surface area (Å²) in [7, 11) is 4.02. The molecule has 2 amide bonds. The quantitative estimate of drug-likeness (QED) is 0.201. The van der Waals surface area contributed by atoms with Gasteiger partial charge in [0.1, 0.15) is 11.5 Å². The minimum atomic E-state index is -1.82. The molecule has 0 radical (unpaired) electrons. The number of nitrogens with zero attached hydrogens (tertiary/aromatic N) is 1. The maximum atomic E-state index is 12.6. The molecule has 0 aromatic heterocycles. The number of hydrogen-bond acceptors (Lipinski definition) is 7. The fraction of sp³-hybridized carbons (Fsp3) is 0.179. The second-order valence-electron chi connectivity index (χ2n) is 8.45. The Morgan fingerprint density at radius 3 is 1.67 bits per heavy atom. The number of benzene rings is 3. The topological polar surface area (TPSA) is 203 Å². The van der Waals surface area contributed by atoms with Gasteiger partial charge in [0.05, 0.1) is 6.04 Å². The van der Waals surface area contributed by atoms with E-state index in [-0.39, 0.29) is 12.1 Å². The summed E-state index contributed by atoms with van der Waals surface area (Å²) in [6.45, 7) is 0.846. The summed E-state index contributed by atoms with van der Waals surface area (Å²) in [4.78, 5) is 51.1. The Balaban J connectivity index is 0.000000618. The van der Waals surface area contributed by atoms with Crippen molar-refractivity contribution < 1.29 is 49.1 Å². The van der Waals surface area contributed by atoms with Gasteiger partial charge in [-0.1, -0.05) is 41.9 Å². The number of halogens is 1. The molecule has 0 aliphatic heterocycles. The molecule has 3 aromatic carbocycles. The van der Waals surface area contributed by atoms with Crippen molar-refractivity contribution >= 4 is 47.2 Å². The second kappa shape index (κ2) is 18.3. The van der Waals surface area contributed by atoms with E-state index in [9.17, 15) is 4.79 Å². The zero-order valence-electron chi connectivity index (χ0n) is 22.6. The highest BCUT2D eigenvalue weighted by atomic mass is 35.5. The third-order valence-corrected chi connectivity index (χ3v) is 5.15. The predicted octanol–water partition coefficient (Wildman–Crippen LogP) is 4.26. The molecule has 0 bridgehead atoms. The van der Waals surface area contributed by atoms with Gasteiger partial charge in [0.15, 0.2) is 0 Å². The first-order chi connectivity index (χ1) is 19.8. The molecule has 14 heteroatoms. The highest BCUT2D eigenvalue weighted by Crippen LogP contribution is 2.23. The molecule has 6 N–H and O–H groups in total. The van der Waals surface area contributed by atoms with Crippen LogP contribution in [0.4, 0.5) is 10.5 Å². The summed E-state index contributed by atoms with van der Waals surface area (Å²) in [5, 5.41) is 36.2. The first-order valence-electron chi connectivity index (χ1n) is 12.0. The van der Waals surface area contributed by atoms with Crippen molar-refractivity contribution in [2.24, 2.45) is 0 Å². The third-order valence-electron chi connectivity index (χ3n) is 4.90. The number of ether oxygens (including phenoxy) is 1. The summed E-state index contributed by atoms with van der Waals surface area (Å²) in [5.41, 5.74) is 1.71. The van der Waals surface area contributed by atoms with Gasteiger partial charge in [0.25, 0.3) is 0 Å². The Bertz CT molecular complexity index is 1270. The van der Waals surface area contributed by atoms with E-state index < -0.39 is 23.9 Å². The number of rotatable bonds is 8. The van der Waals surface area contributed by atoms with Crippen LogP contribution in [-0.4, -0.2) is 75.9 Å². The molecule has 0 saturated heterocycles. The van der Waals surface area contributed by atoms with Gasteiger partial charge in [-0.05, 0) is 81.2 Å². The normalized spacial score (nSPS) is 10.5. The molecule has 0 aliphatic rings. The van der Waals surface area contributed by atoms with E-state index in [1.165, 1.54) is 0 Å². The number of urea groups is 1. The highest BCUT2D eigenvalue weighted by molar-refractivity contribution is 6.30. The second-order valence-corrected chi connectivity index (χ2v) is 8.89. The van der Waals surface area contributed by atoms with E-state index in [1.54, 1.807) is 0 Å². The van der Waals surface area contributed by atoms with Crippen LogP contribution in [0.3, 0.4) is 0 Å². The number of carboxylic acids is 4. The SMILES string of the molecule is CN(C)CCC(NC(=O)Nc1ccc(Oc2ccccc2)cc1)c1ccc(Cl)cc1.O=C(O)C(=O)O.O=C(O)C(=O)O. The fourth-order valence-corrected chi connectivity index (χ4v) is 3.09. The third kappa shape index (κ3) is 14.9. The molecule has 13 nitrogen and oxygen atoms in total. The number of amides is 2. The maximum Gasteiger partial charge on any atom is 0.414 e. The highest BCUT2D eigenvalue weighted by Gasteiger charge is 2.15. The van der Waals surface area contributed by atoms with Gasteiger partial charge in [-0.15, -0.1) is 0 Å². The minimum absolute atomic E-state index is 0.120. The molecule has 0 saturated carbocycles. The molecular formula is C28H30ClN3O10. The molecule has 224 valence electrons. The lowest BCUT2D eigenvalue weighted by Gasteiger charge is -2.21. The minimum Gasteiger partial charge on any atom is -0.473 e. The van der Waals surface area contributed by atoms with E-state index in [4.69, 9.17) is 55.9 Å². The zero-order valence-corrected chi connectivity index (χ0v) is 23.3. The number of para-hydroxylation sites is 1. The molecule has 3 rings (SSSR count). The zero-order chi connectivity index (χ0) is 31.7. The number of carbonyl (C=O) groups is 5. The van der Waals surface area contributed by atoms with Gasteiger partial charge in [-0.2, -0.15) is 0 Å². The van der Waals surface area contributed by atoms with Crippen molar-refractivity contribution in [2.75, 3.05) is 26.0 Å².